The van der Waals surface area contributed by atoms with Crippen LogP contribution in [0.4, 0.5) is 5.82 Å². The van der Waals surface area contributed by atoms with Crippen LogP contribution in [0.5, 0.6) is 12.0 Å². The third-order valence-electron chi connectivity index (χ3n) is 5.46. The molecule has 0 unspecified atom stereocenters. The molecule has 0 radical (unpaired) electrons. The van der Waals surface area contributed by atoms with Crippen LogP contribution in [0.3, 0.4) is 0 Å². The number of aromatic nitrogens is 4. The lowest BCUT2D eigenvalue weighted by atomic mass is 10.1. The summed E-state index contributed by atoms with van der Waals surface area (Å²) in [5.74, 6) is 0.316. The van der Waals surface area contributed by atoms with Gasteiger partial charge in [-0.25, -0.2) is 0 Å². The monoisotopic (exact) mass is 420 g/mol. The Balaban J connectivity index is 1.58. The van der Waals surface area contributed by atoms with Gasteiger partial charge in [0.05, 0.1) is 13.2 Å². The lowest BCUT2D eigenvalue weighted by Crippen LogP contribution is -2.35. The Morgan fingerprint density at radius 1 is 1.20 bits per heavy atom. The number of hydrogen-bond donors (Lipinski definition) is 2. The van der Waals surface area contributed by atoms with Gasteiger partial charge in [-0.05, 0) is 45.6 Å². The highest BCUT2D eigenvalue weighted by molar-refractivity contribution is 5.83. The van der Waals surface area contributed by atoms with E-state index in [9.17, 15) is 0 Å². The second-order valence-corrected chi connectivity index (χ2v) is 7.93. The van der Waals surface area contributed by atoms with Crippen LogP contribution < -0.4 is 20.5 Å². The number of ether oxygens (including phenoxy) is 3. The van der Waals surface area contributed by atoms with Crippen LogP contribution in [0.15, 0.2) is 0 Å². The zero-order chi connectivity index (χ0) is 21.3. The first-order chi connectivity index (χ1) is 14.6. The summed E-state index contributed by atoms with van der Waals surface area (Å²) in [6, 6.07) is 1.40. The third-order valence-corrected chi connectivity index (χ3v) is 5.46. The molecule has 0 aromatic carbocycles. The summed E-state index contributed by atoms with van der Waals surface area (Å²) in [5.41, 5.74) is 7.35. The summed E-state index contributed by atoms with van der Waals surface area (Å²) in [6.45, 7) is 7.68. The summed E-state index contributed by atoms with van der Waals surface area (Å²) in [5, 5.41) is 3.63. The van der Waals surface area contributed by atoms with Crippen LogP contribution in [0, 0.1) is 0 Å². The molecule has 1 atom stereocenters. The van der Waals surface area contributed by atoms with Gasteiger partial charge in [-0.15, -0.1) is 0 Å². The minimum atomic E-state index is 0.0355. The van der Waals surface area contributed by atoms with Gasteiger partial charge in [-0.3, -0.25) is 4.57 Å². The number of rotatable bonds is 12. The van der Waals surface area contributed by atoms with Gasteiger partial charge in [0.15, 0.2) is 17.0 Å². The van der Waals surface area contributed by atoms with Gasteiger partial charge in [0, 0.05) is 25.8 Å². The standard InChI is InChI=1S/C21H36N6O3/c1-4-8-15(2)30-20-25-18(22)17-19(26-20)27(21(24-17)28-3)12-7-5-6-11-23-16-9-13-29-14-10-16/h15-16,23H,4-14H2,1-3H3,(H2,22,25,26)/t15-/m0/s1. The molecule has 0 aliphatic carbocycles. The van der Waals surface area contributed by atoms with Crippen molar-refractivity contribution in [2.45, 2.75) is 77.5 Å². The maximum absolute atomic E-state index is 6.13. The van der Waals surface area contributed by atoms with Crippen LogP contribution in [0.2, 0.25) is 0 Å². The predicted octanol–water partition coefficient (Wildman–Crippen LogP) is 2.92. The van der Waals surface area contributed by atoms with Crippen molar-refractivity contribution in [1.29, 1.82) is 0 Å². The Morgan fingerprint density at radius 2 is 2.00 bits per heavy atom. The Hall–Kier alpha value is -2.13. The van der Waals surface area contributed by atoms with E-state index in [4.69, 9.17) is 19.9 Å². The van der Waals surface area contributed by atoms with E-state index >= 15 is 0 Å². The van der Waals surface area contributed by atoms with E-state index in [0.717, 1.165) is 71.2 Å². The number of imidazole rings is 1. The molecule has 3 N–H and O–H groups in total. The molecule has 3 heterocycles. The Morgan fingerprint density at radius 3 is 2.73 bits per heavy atom. The summed E-state index contributed by atoms with van der Waals surface area (Å²) < 4.78 is 18.7. The van der Waals surface area contributed by atoms with Gasteiger partial charge >= 0.3 is 6.01 Å². The molecule has 0 spiro atoms. The van der Waals surface area contributed by atoms with Gasteiger partial charge in [-0.2, -0.15) is 15.0 Å². The smallest absolute Gasteiger partial charge is 0.320 e. The maximum Gasteiger partial charge on any atom is 0.320 e. The minimum Gasteiger partial charge on any atom is -0.468 e. The van der Waals surface area contributed by atoms with Crippen molar-refractivity contribution in [2.75, 3.05) is 32.6 Å². The van der Waals surface area contributed by atoms with Crippen LogP contribution >= 0.6 is 0 Å². The van der Waals surface area contributed by atoms with Crippen molar-refractivity contribution in [3.8, 4) is 12.0 Å². The molecular weight excluding hydrogens is 384 g/mol. The highest BCUT2D eigenvalue weighted by atomic mass is 16.5. The van der Waals surface area contributed by atoms with Gasteiger partial charge in [0.2, 0.25) is 0 Å². The average molecular weight is 421 g/mol. The van der Waals surface area contributed by atoms with E-state index in [1.165, 1.54) is 0 Å². The van der Waals surface area contributed by atoms with Crippen molar-refractivity contribution in [1.82, 2.24) is 24.8 Å². The van der Waals surface area contributed by atoms with Gasteiger partial charge in [0.1, 0.15) is 0 Å². The summed E-state index contributed by atoms with van der Waals surface area (Å²) in [4.78, 5) is 13.3. The molecular formula is C21H36N6O3. The number of nitrogens with zero attached hydrogens (tertiary/aromatic N) is 4. The topological polar surface area (TPSA) is 109 Å². The molecule has 1 saturated heterocycles. The number of anilines is 1. The van der Waals surface area contributed by atoms with Gasteiger partial charge < -0.3 is 25.3 Å². The number of nitrogens with one attached hydrogen (secondary N) is 1. The first kappa shape index (κ1) is 22.6. The fourth-order valence-electron chi connectivity index (χ4n) is 3.82. The Labute approximate surface area is 178 Å². The number of nitrogen functional groups attached to an aromatic ring is 1. The van der Waals surface area contributed by atoms with E-state index in [-0.39, 0.29) is 6.10 Å². The molecule has 2 aromatic rings. The van der Waals surface area contributed by atoms with Crippen molar-refractivity contribution in [3.63, 3.8) is 0 Å². The van der Waals surface area contributed by atoms with Crippen LogP contribution in [-0.4, -0.2) is 58.5 Å². The Kier molecular flexibility index (Phi) is 8.50. The third kappa shape index (κ3) is 5.95. The van der Waals surface area contributed by atoms with Crippen molar-refractivity contribution < 1.29 is 14.2 Å². The van der Waals surface area contributed by atoms with E-state index < -0.39 is 0 Å². The molecule has 9 nitrogen and oxygen atoms in total. The van der Waals surface area contributed by atoms with Gasteiger partial charge in [-0.1, -0.05) is 19.8 Å². The van der Waals surface area contributed by atoms with E-state index in [2.05, 4.69) is 27.2 Å². The molecule has 1 fully saturated rings. The van der Waals surface area contributed by atoms with Gasteiger partial charge in [0.25, 0.3) is 6.01 Å². The fourth-order valence-corrected chi connectivity index (χ4v) is 3.82. The molecule has 0 amide bonds. The number of hydrogen-bond acceptors (Lipinski definition) is 8. The van der Waals surface area contributed by atoms with Crippen LogP contribution in [0.25, 0.3) is 11.2 Å². The number of nitrogens with two attached hydrogens (primary N) is 1. The second-order valence-electron chi connectivity index (χ2n) is 7.93. The lowest BCUT2D eigenvalue weighted by Gasteiger charge is -2.23. The zero-order valence-corrected chi connectivity index (χ0v) is 18.5. The average Bonchev–Trinajstić information content (AvgIpc) is 3.09. The summed E-state index contributed by atoms with van der Waals surface area (Å²) in [6.07, 6.45) is 7.47. The highest BCUT2D eigenvalue weighted by Crippen LogP contribution is 2.26. The number of methoxy groups -OCH3 is 1. The molecule has 2 aromatic heterocycles. The molecule has 168 valence electrons. The molecule has 3 rings (SSSR count). The molecule has 0 bridgehead atoms. The zero-order valence-electron chi connectivity index (χ0n) is 18.5. The second kappa shape index (κ2) is 11.3. The van der Waals surface area contributed by atoms with Crippen LogP contribution in [0.1, 0.15) is 58.8 Å². The summed E-state index contributed by atoms with van der Waals surface area (Å²) in [7, 11) is 1.61. The highest BCUT2D eigenvalue weighted by Gasteiger charge is 2.18. The molecule has 30 heavy (non-hydrogen) atoms. The molecule has 1 aliphatic heterocycles. The normalized spacial score (nSPS) is 16.1. The van der Waals surface area contributed by atoms with Crippen molar-refractivity contribution >= 4 is 17.0 Å². The van der Waals surface area contributed by atoms with Crippen molar-refractivity contribution in [2.24, 2.45) is 0 Å². The minimum absolute atomic E-state index is 0.0355. The number of aryl methyl sites for hydroxylation is 1. The molecule has 1 aliphatic rings. The molecule has 0 saturated carbocycles. The quantitative estimate of drug-likeness (QED) is 0.505. The maximum atomic E-state index is 6.13. The first-order valence-electron chi connectivity index (χ1n) is 11.2. The van der Waals surface area contributed by atoms with E-state index in [1.807, 2.05) is 11.5 Å². The first-order valence-corrected chi connectivity index (χ1v) is 11.2. The van der Waals surface area contributed by atoms with E-state index in [0.29, 0.717) is 35.0 Å². The largest absolute Gasteiger partial charge is 0.468 e. The fraction of sp³-hybridized carbons (Fsp3) is 0.762. The Bertz CT molecular complexity index is 791. The lowest BCUT2D eigenvalue weighted by molar-refractivity contribution is 0.0780. The molecule has 9 heteroatoms. The number of unbranched alkanes of at least 4 members (excludes halogenated alkanes) is 2. The number of fused-ring (bicyclic) bond motifs is 1. The van der Waals surface area contributed by atoms with Crippen molar-refractivity contribution in [3.05, 3.63) is 0 Å². The van der Waals surface area contributed by atoms with E-state index in [1.54, 1.807) is 7.11 Å². The predicted molar refractivity (Wildman–Crippen MR) is 117 cm³/mol. The SMILES string of the molecule is CCC[C@H](C)Oc1nc(N)c2nc(OC)n(CCCCCNC3CCOCC3)c2n1. The van der Waals surface area contributed by atoms with Crippen LogP contribution in [-0.2, 0) is 11.3 Å². The summed E-state index contributed by atoms with van der Waals surface area (Å²) >= 11 is 0.